The fourth-order valence-electron chi connectivity index (χ4n) is 1.25. The predicted molar refractivity (Wildman–Crippen MR) is 61.0 cm³/mol. The van der Waals surface area contributed by atoms with Gasteiger partial charge in [0.1, 0.15) is 11.6 Å². The molecule has 0 aliphatic carbocycles. The third-order valence-electron chi connectivity index (χ3n) is 2.08. The molecule has 0 radical (unpaired) electrons. The number of rotatable bonds is 6. The Morgan fingerprint density at radius 3 is 2.88 bits per heavy atom. The average Bonchev–Trinajstić information content (AvgIpc) is 2.28. The molecule has 0 unspecified atom stereocenters. The van der Waals surface area contributed by atoms with Crippen molar-refractivity contribution in [2.24, 2.45) is 0 Å². The van der Waals surface area contributed by atoms with Gasteiger partial charge in [0.05, 0.1) is 17.7 Å². The van der Waals surface area contributed by atoms with E-state index in [2.05, 4.69) is 6.07 Å². The van der Waals surface area contributed by atoms with Gasteiger partial charge in [-0.25, -0.2) is 4.39 Å². The molecule has 16 heavy (non-hydrogen) atoms. The van der Waals surface area contributed by atoms with Gasteiger partial charge in [-0.1, -0.05) is 11.6 Å². The largest absolute Gasteiger partial charge is 0.492 e. The average molecular weight is 242 g/mol. The van der Waals surface area contributed by atoms with Crippen molar-refractivity contribution in [1.82, 2.24) is 0 Å². The molecule has 0 fully saturated rings. The third-order valence-corrected chi connectivity index (χ3v) is 2.40. The van der Waals surface area contributed by atoms with E-state index >= 15 is 0 Å². The van der Waals surface area contributed by atoms with Crippen LogP contribution in [0.2, 0.25) is 5.02 Å². The highest BCUT2D eigenvalue weighted by Gasteiger charge is 2.02. The van der Waals surface area contributed by atoms with Crippen molar-refractivity contribution in [3.8, 4) is 11.8 Å². The van der Waals surface area contributed by atoms with Crippen LogP contribution in [0.5, 0.6) is 5.75 Å². The fraction of sp³-hybridized carbons (Fsp3) is 0.417. The van der Waals surface area contributed by atoms with Crippen molar-refractivity contribution in [2.75, 3.05) is 6.61 Å². The summed E-state index contributed by atoms with van der Waals surface area (Å²) in [5, 5.41) is 8.74. The van der Waals surface area contributed by atoms with Crippen molar-refractivity contribution in [1.29, 1.82) is 5.26 Å². The summed E-state index contributed by atoms with van der Waals surface area (Å²) >= 11 is 5.82. The number of hydrogen-bond donors (Lipinski definition) is 0. The molecule has 1 aromatic carbocycles. The molecule has 0 saturated carbocycles. The third kappa shape index (κ3) is 4.50. The van der Waals surface area contributed by atoms with Crippen molar-refractivity contribution >= 4 is 11.6 Å². The van der Waals surface area contributed by atoms with Crippen LogP contribution in [0.1, 0.15) is 25.7 Å². The van der Waals surface area contributed by atoms with E-state index in [1.807, 2.05) is 0 Å². The molecule has 0 heterocycles. The minimum atomic E-state index is -0.358. The van der Waals surface area contributed by atoms with Gasteiger partial charge in [0.25, 0.3) is 0 Å². The molecule has 4 heteroatoms. The maximum absolute atomic E-state index is 12.8. The summed E-state index contributed by atoms with van der Waals surface area (Å²) in [4.78, 5) is 0. The van der Waals surface area contributed by atoms with Crippen molar-refractivity contribution in [2.45, 2.75) is 25.7 Å². The Bertz CT molecular complexity index is 376. The van der Waals surface area contributed by atoms with Gasteiger partial charge in [-0.05, 0) is 31.4 Å². The first-order chi connectivity index (χ1) is 7.74. The highest BCUT2D eigenvalue weighted by molar-refractivity contribution is 6.32. The van der Waals surface area contributed by atoms with Gasteiger partial charge in [0, 0.05) is 12.5 Å². The second kappa shape index (κ2) is 7.08. The molecule has 86 valence electrons. The standard InChI is InChI=1S/C12H13ClFNO/c13-11-6-5-10(14)9-12(11)16-8-4-2-1-3-7-15/h5-6,9H,1-4,8H2. The van der Waals surface area contributed by atoms with Crippen LogP contribution in [0.4, 0.5) is 4.39 Å². The first-order valence-corrected chi connectivity index (χ1v) is 5.56. The van der Waals surface area contributed by atoms with Gasteiger partial charge in [-0.15, -0.1) is 0 Å². The second-order valence-corrected chi connectivity index (χ2v) is 3.80. The van der Waals surface area contributed by atoms with E-state index < -0.39 is 0 Å². The fourth-order valence-corrected chi connectivity index (χ4v) is 1.42. The Hall–Kier alpha value is -1.27. The van der Waals surface area contributed by atoms with E-state index in [0.717, 1.165) is 19.3 Å². The summed E-state index contributed by atoms with van der Waals surface area (Å²) in [5.74, 6) is 0.0193. The molecule has 0 bridgehead atoms. The lowest BCUT2D eigenvalue weighted by atomic mass is 10.2. The molecule has 0 aliphatic heterocycles. The molecule has 1 rings (SSSR count). The Morgan fingerprint density at radius 1 is 1.31 bits per heavy atom. The Kier molecular flexibility index (Phi) is 5.66. The second-order valence-electron chi connectivity index (χ2n) is 3.39. The molecule has 0 N–H and O–H groups in total. The summed E-state index contributed by atoms with van der Waals surface area (Å²) in [7, 11) is 0. The number of unbranched alkanes of at least 4 members (excludes halogenated alkanes) is 3. The maximum atomic E-state index is 12.8. The van der Waals surface area contributed by atoms with Crippen molar-refractivity contribution in [3.05, 3.63) is 29.0 Å². The summed E-state index contributed by atoms with van der Waals surface area (Å²) < 4.78 is 18.2. The lowest BCUT2D eigenvalue weighted by molar-refractivity contribution is 0.304. The van der Waals surface area contributed by atoms with Crippen LogP contribution < -0.4 is 4.74 Å². The zero-order valence-corrected chi connectivity index (χ0v) is 9.63. The van der Waals surface area contributed by atoms with Gasteiger partial charge in [0.15, 0.2) is 0 Å². The minimum Gasteiger partial charge on any atom is -0.492 e. The summed E-state index contributed by atoms with van der Waals surface area (Å²) in [6, 6.07) is 6.12. The topological polar surface area (TPSA) is 33.0 Å². The highest BCUT2D eigenvalue weighted by atomic mass is 35.5. The zero-order valence-electron chi connectivity index (χ0n) is 8.88. The summed E-state index contributed by atoms with van der Waals surface area (Å²) in [6.07, 6.45) is 3.21. The Balaban J connectivity index is 2.27. The molecule has 0 amide bonds. The highest BCUT2D eigenvalue weighted by Crippen LogP contribution is 2.25. The lowest BCUT2D eigenvalue weighted by Crippen LogP contribution is -1.98. The van der Waals surface area contributed by atoms with Crippen molar-refractivity contribution < 1.29 is 9.13 Å². The quantitative estimate of drug-likeness (QED) is 0.707. The van der Waals surface area contributed by atoms with E-state index in [0.29, 0.717) is 23.8 Å². The monoisotopic (exact) mass is 241 g/mol. The molecule has 0 saturated heterocycles. The van der Waals surface area contributed by atoms with Crippen LogP contribution in [0.25, 0.3) is 0 Å². The first kappa shape index (κ1) is 12.8. The first-order valence-electron chi connectivity index (χ1n) is 5.19. The van der Waals surface area contributed by atoms with Gasteiger partial charge < -0.3 is 4.74 Å². The van der Waals surface area contributed by atoms with Crippen LogP contribution in [0.3, 0.4) is 0 Å². The number of nitriles is 1. The van der Waals surface area contributed by atoms with Gasteiger partial charge in [-0.3, -0.25) is 0 Å². The van der Waals surface area contributed by atoms with Crippen LogP contribution in [-0.2, 0) is 0 Å². The molecule has 0 atom stereocenters. The lowest BCUT2D eigenvalue weighted by Gasteiger charge is -2.07. The molecule has 0 spiro atoms. The van der Waals surface area contributed by atoms with E-state index in [4.69, 9.17) is 21.6 Å². The van der Waals surface area contributed by atoms with E-state index in [-0.39, 0.29) is 5.82 Å². The van der Waals surface area contributed by atoms with Crippen molar-refractivity contribution in [3.63, 3.8) is 0 Å². The summed E-state index contributed by atoms with van der Waals surface area (Å²) in [5.41, 5.74) is 0. The van der Waals surface area contributed by atoms with Crippen LogP contribution >= 0.6 is 11.6 Å². The summed E-state index contributed by atoms with van der Waals surface area (Å²) in [6.45, 7) is 0.495. The predicted octanol–water partition coefficient (Wildman–Crippen LogP) is 3.94. The number of halogens is 2. The maximum Gasteiger partial charge on any atom is 0.140 e. The molecular weight excluding hydrogens is 229 g/mol. The number of ether oxygens (including phenoxy) is 1. The van der Waals surface area contributed by atoms with Crippen LogP contribution in [0, 0.1) is 17.1 Å². The van der Waals surface area contributed by atoms with Gasteiger partial charge in [0.2, 0.25) is 0 Å². The molecule has 1 aromatic rings. The van der Waals surface area contributed by atoms with E-state index in [1.165, 1.54) is 18.2 Å². The molecule has 0 aliphatic rings. The van der Waals surface area contributed by atoms with Gasteiger partial charge in [-0.2, -0.15) is 5.26 Å². The number of hydrogen-bond acceptors (Lipinski definition) is 2. The van der Waals surface area contributed by atoms with E-state index in [1.54, 1.807) is 0 Å². The van der Waals surface area contributed by atoms with Gasteiger partial charge >= 0.3 is 0 Å². The number of nitrogens with zero attached hydrogens (tertiary/aromatic N) is 1. The molecular formula is C12H13ClFNO. The van der Waals surface area contributed by atoms with Crippen LogP contribution in [0.15, 0.2) is 18.2 Å². The molecule has 0 aromatic heterocycles. The SMILES string of the molecule is N#CCCCCCOc1cc(F)ccc1Cl. The smallest absolute Gasteiger partial charge is 0.140 e. The van der Waals surface area contributed by atoms with E-state index in [9.17, 15) is 4.39 Å². The normalized spacial score (nSPS) is 9.81. The molecule has 2 nitrogen and oxygen atoms in total. The Morgan fingerprint density at radius 2 is 2.12 bits per heavy atom. The Labute approximate surface area is 99.6 Å². The minimum absolute atomic E-state index is 0.358. The van der Waals surface area contributed by atoms with Crippen LogP contribution in [-0.4, -0.2) is 6.61 Å². The zero-order chi connectivity index (χ0) is 11.8. The number of benzene rings is 1.